The lowest BCUT2D eigenvalue weighted by atomic mass is 9.78. The Morgan fingerprint density at radius 2 is 1.09 bits per heavy atom. The van der Waals surface area contributed by atoms with E-state index in [2.05, 4.69) is 156 Å². The third-order valence-corrected chi connectivity index (χ3v) is 8.73. The molecule has 2 unspecified atom stereocenters. The maximum absolute atomic E-state index is 11.3. The number of rotatable bonds is 11. The van der Waals surface area contributed by atoms with Gasteiger partial charge < -0.3 is 10.0 Å². The minimum Gasteiger partial charge on any atom is -0.507 e. The van der Waals surface area contributed by atoms with Gasteiger partial charge in [0.05, 0.1) is 0 Å². The molecule has 2 atom stereocenters. The average Bonchev–Trinajstić information content (AvgIpc) is 2.87. The molecule has 0 aliphatic heterocycles. The molecule has 0 aliphatic rings. The van der Waals surface area contributed by atoms with Crippen molar-refractivity contribution in [3.63, 3.8) is 0 Å². The van der Waals surface area contributed by atoms with Crippen molar-refractivity contribution in [3.05, 3.63) is 94.0 Å². The van der Waals surface area contributed by atoms with Crippen LogP contribution in [0.5, 0.6) is 5.75 Å². The second-order valence-corrected chi connectivity index (χ2v) is 17.4. The topological polar surface area (TPSA) is 23.5 Å². The minimum absolute atomic E-state index is 0.140. The van der Waals surface area contributed by atoms with Gasteiger partial charge in [0.15, 0.2) is 0 Å². The van der Waals surface area contributed by atoms with Crippen molar-refractivity contribution in [2.24, 2.45) is 17.3 Å². The van der Waals surface area contributed by atoms with E-state index in [9.17, 15) is 5.11 Å². The van der Waals surface area contributed by atoms with E-state index in [1.165, 1.54) is 34.4 Å². The molecule has 0 spiro atoms. The molecule has 3 aromatic carbocycles. The predicted octanol–water partition coefficient (Wildman–Crippen LogP) is 11.6. The zero-order valence-electron chi connectivity index (χ0n) is 30.4. The first-order chi connectivity index (χ1) is 20.2. The second kappa shape index (κ2) is 14.1. The van der Waals surface area contributed by atoms with Crippen molar-refractivity contribution in [3.8, 4) is 5.75 Å². The highest BCUT2D eigenvalue weighted by molar-refractivity contribution is 5.53. The molecule has 2 heteroatoms. The van der Waals surface area contributed by atoms with E-state index >= 15 is 0 Å². The Morgan fingerprint density at radius 3 is 1.52 bits per heavy atom. The molecule has 3 aromatic rings. The first kappa shape index (κ1) is 35.7. The lowest BCUT2D eigenvalue weighted by molar-refractivity contribution is 0.306. The number of aromatic hydroxyl groups is 1. The van der Waals surface area contributed by atoms with Gasteiger partial charge in [-0.3, -0.25) is 0 Å². The predicted molar refractivity (Wildman–Crippen MR) is 193 cm³/mol. The number of hydrogen-bond donors (Lipinski definition) is 1. The van der Waals surface area contributed by atoms with E-state index in [0.29, 0.717) is 29.0 Å². The Labute approximate surface area is 271 Å². The average molecular weight is 598 g/mol. The van der Waals surface area contributed by atoms with Crippen LogP contribution in [-0.4, -0.2) is 11.1 Å². The monoisotopic (exact) mass is 597 g/mol. The molecule has 3 rings (SSSR count). The SMILES string of the molecule is CC(C)CC(C)N(Cc1cc(C(C)(C)C)c(O)c(C(C)(C)C)c1)c1ccc(Cc2ccc(CC(C)CC(C)(C)C)cc2)cc1. The van der Waals surface area contributed by atoms with Crippen molar-refractivity contribution in [1.82, 2.24) is 0 Å². The summed E-state index contributed by atoms with van der Waals surface area (Å²) in [5.74, 6) is 1.75. The highest BCUT2D eigenvalue weighted by Gasteiger charge is 2.27. The summed E-state index contributed by atoms with van der Waals surface area (Å²) < 4.78 is 0. The van der Waals surface area contributed by atoms with Gasteiger partial charge in [0.25, 0.3) is 0 Å². The third kappa shape index (κ3) is 10.4. The maximum Gasteiger partial charge on any atom is 0.123 e. The molecule has 0 bridgehead atoms. The van der Waals surface area contributed by atoms with Gasteiger partial charge in [-0.15, -0.1) is 0 Å². The van der Waals surface area contributed by atoms with Gasteiger partial charge in [0.1, 0.15) is 5.75 Å². The Balaban J connectivity index is 1.85. The largest absolute Gasteiger partial charge is 0.507 e. The second-order valence-electron chi connectivity index (χ2n) is 17.4. The summed E-state index contributed by atoms with van der Waals surface area (Å²) in [4.78, 5) is 2.56. The molecule has 0 radical (unpaired) electrons. The number of phenols is 1. The van der Waals surface area contributed by atoms with Crippen LogP contribution >= 0.6 is 0 Å². The molecule has 0 amide bonds. The summed E-state index contributed by atoms with van der Waals surface area (Å²) in [5.41, 5.74) is 8.82. The van der Waals surface area contributed by atoms with Crippen molar-refractivity contribution in [1.29, 1.82) is 0 Å². The normalized spacial score (nSPS) is 14.1. The van der Waals surface area contributed by atoms with Crippen LogP contribution < -0.4 is 4.90 Å². The van der Waals surface area contributed by atoms with Gasteiger partial charge in [0, 0.05) is 18.3 Å². The molecule has 0 fully saturated rings. The Morgan fingerprint density at radius 1 is 0.636 bits per heavy atom. The molecule has 2 nitrogen and oxygen atoms in total. The Bertz CT molecular complexity index is 1290. The maximum atomic E-state index is 11.3. The molecule has 0 aromatic heterocycles. The molecule has 1 N–H and O–H groups in total. The smallest absolute Gasteiger partial charge is 0.123 e. The zero-order valence-corrected chi connectivity index (χ0v) is 30.4. The summed E-state index contributed by atoms with van der Waals surface area (Å²) >= 11 is 0. The number of nitrogens with zero attached hydrogens (tertiary/aromatic N) is 1. The van der Waals surface area contributed by atoms with Crippen LogP contribution in [0.25, 0.3) is 0 Å². The van der Waals surface area contributed by atoms with Crippen molar-refractivity contribution < 1.29 is 5.11 Å². The summed E-state index contributed by atoms with van der Waals surface area (Å²) in [7, 11) is 0. The molecule has 0 saturated carbocycles. The van der Waals surface area contributed by atoms with Crippen LogP contribution in [0.3, 0.4) is 0 Å². The van der Waals surface area contributed by atoms with Crippen LogP contribution in [0.15, 0.2) is 60.7 Å². The number of benzene rings is 3. The van der Waals surface area contributed by atoms with Gasteiger partial charge in [-0.2, -0.15) is 0 Å². The molecule has 0 aliphatic carbocycles. The fourth-order valence-corrected chi connectivity index (χ4v) is 6.79. The van der Waals surface area contributed by atoms with Gasteiger partial charge in [0.2, 0.25) is 0 Å². The minimum atomic E-state index is -0.140. The summed E-state index contributed by atoms with van der Waals surface area (Å²) in [6, 6.07) is 23.4. The lowest BCUT2D eigenvalue weighted by Crippen LogP contribution is -2.34. The number of anilines is 1. The third-order valence-electron chi connectivity index (χ3n) is 8.73. The van der Waals surface area contributed by atoms with E-state index in [-0.39, 0.29) is 10.8 Å². The van der Waals surface area contributed by atoms with Crippen molar-refractivity contribution >= 4 is 5.69 Å². The van der Waals surface area contributed by atoms with Crippen LogP contribution in [-0.2, 0) is 30.2 Å². The van der Waals surface area contributed by atoms with E-state index in [1.807, 2.05) is 0 Å². The summed E-state index contributed by atoms with van der Waals surface area (Å²) in [6.07, 6.45) is 4.46. The fourth-order valence-electron chi connectivity index (χ4n) is 6.79. The number of hydrogen-bond acceptors (Lipinski definition) is 2. The number of phenolic OH excluding ortho intramolecular Hbond substituents is 1. The van der Waals surface area contributed by atoms with Crippen LogP contribution in [0.4, 0.5) is 5.69 Å². The lowest BCUT2D eigenvalue weighted by Gasteiger charge is -2.34. The van der Waals surface area contributed by atoms with Gasteiger partial charge in [-0.25, -0.2) is 0 Å². The zero-order chi connectivity index (χ0) is 33.0. The van der Waals surface area contributed by atoms with Crippen LogP contribution in [0.2, 0.25) is 0 Å². The molecule has 0 heterocycles. The fraction of sp³-hybridized carbons (Fsp3) is 0.571. The molecule has 242 valence electrons. The summed E-state index contributed by atoms with van der Waals surface area (Å²) in [5, 5.41) is 11.3. The standard InChI is InChI=1S/C42H63NO/c1-29(2)22-31(4)43(28-35-25-37(41(8,9)10)39(44)38(26-35)42(11,12)13)36-20-18-34(19-21-36)24-33-16-14-32(15-17-33)23-30(3)27-40(5,6)7/h14-21,25-26,29-31,44H,22-24,27-28H2,1-13H3. The first-order valence-corrected chi connectivity index (χ1v) is 17.0. The van der Waals surface area contributed by atoms with Gasteiger partial charge in [-0.1, -0.05) is 119 Å². The van der Waals surface area contributed by atoms with E-state index in [0.717, 1.165) is 36.9 Å². The highest BCUT2D eigenvalue weighted by Crippen LogP contribution is 2.40. The molecule has 0 saturated heterocycles. The Kier molecular flexibility index (Phi) is 11.5. The molecule has 44 heavy (non-hydrogen) atoms. The summed E-state index contributed by atoms with van der Waals surface area (Å²) in [6.45, 7) is 30.3. The van der Waals surface area contributed by atoms with Gasteiger partial charge in [-0.05, 0) is 118 Å². The van der Waals surface area contributed by atoms with Crippen molar-refractivity contribution in [2.75, 3.05) is 4.90 Å². The first-order valence-electron chi connectivity index (χ1n) is 17.0. The van der Waals surface area contributed by atoms with Crippen molar-refractivity contribution in [2.45, 2.75) is 139 Å². The van der Waals surface area contributed by atoms with Crippen LogP contribution in [0.1, 0.15) is 136 Å². The van der Waals surface area contributed by atoms with Gasteiger partial charge >= 0.3 is 0 Å². The van der Waals surface area contributed by atoms with E-state index in [1.54, 1.807) is 0 Å². The van der Waals surface area contributed by atoms with Crippen LogP contribution in [0, 0.1) is 17.3 Å². The highest BCUT2D eigenvalue weighted by atomic mass is 16.3. The molecular weight excluding hydrogens is 534 g/mol. The van der Waals surface area contributed by atoms with E-state index in [4.69, 9.17) is 0 Å². The quantitative estimate of drug-likeness (QED) is 0.238. The Hall–Kier alpha value is -2.74. The molecular formula is C42H63NO. The van der Waals surface area contributed by atoms with E-state index < -0.39 is 0 Å².